The summed E-state index contributed by atoms with van der Waals surface area (Å²) in [5.41, 5.74) is 5.36. The van der Waals surface area contributed by atoms with Crippen LogP contribution in [0, 0.1) is 0 Å². The molecule has 1 aliphatic heterocycles. The summed E-state index contributed by atoms with van der Waals surface area (Å²) < 4.78 is 33.6. The van der Waals surface area contributed by atoms with E-state index in [0.29, 0.717) is 6.42 Å². The summed E-state index contributed by atoms with van der Waals surface area (Å²) in [6.07, 6.45) is -3.92. The van der Waals surface area contributed by atoms with Gasteiger partial charge in [-0.3, -0.25) is 0 Å². The maximum absolute atomic E-state index is 12.0. The van der Waals surface area contributed by atoms with Crippen LogP contribution < -0.4 is 5.73 Å². The van der Waals surface area contributed by atoms with E-state index < -0.39 is 24.9 Å². The molecule has 0 radical (unpaired) electrons. The first-order chi connectivity index (χ1) is 5.15. The van der Waals surface area contributed by atoms with Crippen molar-refractivity contribution in [3.63, 3.8) is 0 Å². The lowest BCUT2D eigenvalue weighted by atomic mass is 10.1. The first-order valence-corrected chi connectivity index (χ1v) is 3.37. The maximum atomic E-state index is 12.0. The standard InChI is InChI=1S/C6H11F2NO2/c1-10-4-2-3(9)5(11-4)6(7)8/h3-6H,2,9H2,1H3/t3-,4?,5-/m0/s1. The number of halogens is 2. The molecule has 0 aromatic heterocycles. The summed E-state index contributed by atoms with van der Waals surface area (Å²) >= 11 is 0. The number of methoxy groups -OCH3 is 1. The third-order valence-corrected chi connectivity index (χ3v) is 1.71. The summed E-state index contributed by atoms with van der Waals surface area (Å²) in [6, 6.07) is -0.611. The summed E-state index contributed by atoms with van der Waals surface area (Å²) in [4.78, 5) is 0. The van der Waals surface area contributed by atoms with Gasteiger partial charge in [-0.15, -0.1) is 0 Å². The van der Waals surface area contributed by atoms with Crippen LogP contribution >= 0.6 is 0 Å². The van der Waals surface area contributed by atoms with Crippen molar-refractivity contribution in [1.29, 1.82) is 0 Å². The molecule has 66 valence electrons. The molecule has 1 fully saturated rings. The molecule has 0 aliphatic carbocycles. The van der Waals surface area contributed by atoms with Crippen LogP contribution in [-0.2, 0) is 9.47 Å². The first kappa shape index (κ1) is 8.83. The minimum absolute atomic E-state index is 0.339. The molecule has 1 aliphatic rings. The zero-order valence-electron chi connectivity index (χ0n) is 6.17. The van der Waals surface area contributed by atoms with Gasteiger partial charge >= 0.3 is 0 Å². The van der Waals surface area contributed by atoms with Crippen LogP contribution in [0.25, 0.3) is 0 Å². The van der Waals surface area contributed by atoms with Gasteiger partial charge in [-0.2, -0.15) is 0 Å². The monoisotopic (exact) mass is 167 g/mol. The molecule has 2 N–H and O–H groups in total. The van der Waals surface area contributed by atoms with Crippen molar-refractivity contribution in [3.05, 3.63) is 0 Å². The highest BCUT2D eigenvalue weighted by Crippen LogP contribution is 2.23. The van der Waals surface area contributed by atoms with E-state index >= 15 is 0 Å². The number of nitrogens with two attached hydrogens (primary N) is 1. The van der Waals surface area contributed by atoms with Crippen LogP contribution in [0.1, 0.15) is 6.42 Å². The van der Waals surface area contributed by atoms with Crippen molar-refractivity contribution < 1.29 is 18.3 Å². The average Bonchev–Trinajstić information content (AvgIpc) is 2.30. The Balaban J connectivity index is 2.45. The maximum Gasteiger partial charge on any atom is 0.265 e. The zero-order chi connectivity index (χ0) is 8.43. The van der Waals surface area contributed by atoms with Gasteiger partial charge in [0.2, 0.25) is 0 Å². The van der Waals surface area contributed by atoms with E-state index in [0.717, 1.165) is 0 Å². The van der Waals surface area contributed by atoms with Crippen molar-refractivity contribution in [2.24, 2.45) is 5.73 Å². The number of alkyl halides is 2. The Kier molecular flexibility index (Phi) is 2.75. The molecule has 0 spiro atoms. The van der Waals surface area contributed by atoms with Gasteiger partial charge in [0.25, 0.3) is 6.43 Å². The minimum atomic E-state index is -2.52. The van der Waals surface area contributed by atoms with Crippen molar-refractivity contribution in [3.8, 4) is 0 Å². The molecule has 0 aromatic carbocycles. The molecule has 0 saturated carbocycles. The Bertz CT molecular complexity index is 134. The second kappa shape index (κ2) is 3.42. The highest BCUT2D eigenvalue weighted by atomic mass is 19.3. The lowest BCUT2D eigenvalue weighted by Gasteiger charge is -2.12. The quantitative estimate of drug-likeness (QED) is 0.645. The lowest BCUT2D eigenvalue weighted by Crippen LogP contribution is -2.35. The van der Waals surface area contributed by atoms with Gasteiger partial charge < -0.3 is 15.2 Å². The smallest absolute Gasteiger partial charge is 0.265 e. The van der Waals surface area contributed by atoms with E-state index in [2.05, 4.69) is 0 Å². The van der Waals surface area contributed by atoms with Crippen LogP contribution in [0.3, 0.4) is 0 Å². The Labute approximate surface area is 63.5 Å². The van der Waals surface area contributed by atoms with Crippen molar-refractivity contribution in [2.45, 2.75) is 31.3 Å². The van der Waals surface area contributed by atoms with Crippen molar-refractivity contribution in [1.82, 2.24) is 0 Å². The normalized spacial score (nSPS) is 38.5. The minimum Gasteiger partial charge on any atom is -0.356 e. The van der Waals surface area contributed by atoms with Crippen molar-refractivity contribution in [2.75, 3.05) is 7.11 Å². The highest BCUT2D eigenvalue weighted by molar-refractivity contribution is 4.83. The highest BCUT2D eigenvalue weighted by Gasteiger charge is 2.38. The van der Waals surface area contributed by atoms with Gasteiger partial charge in [0.15, 0.2) is 6.29 Å². The molecule has 0 amide bonds. The van der Waals surface area contributed by atoms with Crippen LogP contribution in [0.5, 0.6) is 0 Å². The first-order valence-electron chi connectivity index (χ1n) is 3.37. The molecular formula is C6H11F2NO2. The van der Waals surface area contributed by atoms with E-state index in [-0.39, 0.29) is 0 Å². The molecule has 3 atom stereocenters. The molecule has 1 rings (SSSR count). The number of hydrogen-bond acceptors (Lipinski definition) is 3. The van der Waals surface area contributed by atoms with Gasteiger partial charge in [-0.05, 0) is 0 Å². The zero-order valence-corrected chi connectivity index (χ0v) is 6.17. The van der Waals surface area contributed by atoms with Crippen LogP contribution in [-0.4, -0.2) is 32.0 Å². The second-order valence-corrected chi connectivity index (χ2v) is 2.50. The van der Waals surface area contributed by atoms with Crippen molar-refractivity contribution >= 4 is 0 Å². The predicted molar refractivity (Wildman–Crippen MR) is 34.3 cm³/mol. The molecule has 1 unspecified atom stereocenters. The van der Waals surface area contributed by atoms with E-state index in [1.54, 1.807) is 0 Å². The SMILES string of the molecule is COC1C[C@H](N)[C@@H](C(F)F)O1. The fourth-order valence-corrected chi connectivity index (χ4v) is 1.09. The van der Waals surface area contributed by atoms with Gasteiger partial charge in [0.05, 0.1) is 0 Å². The van der Waals surface area contributed by atoms with Gasteiger partial charge in [0, 0.05) is 19.6 Å². The lowest BCUT2D eigenvalue weighted by molar-refractivity contribution is -0.146. The van der Waals surface area contributed by atoms with E-state index in [4.69, 9.17) is 15.2 Å². The number of rotatable bonds is 2. The molecule has 1 heterocycles. The Morgan fingerprint density at radius 2 is 2.27 bits per heavy atom. The third-order valence-electron chi connectivity index (χ3n) is 1.71. The fourth-order valence-electron chi connectivity index (χ4n) is 1.09. The van der Waals surface area contributed by atoms with Crippen LogP contribution in [0.2, 0.25) is 0 Å². The Morgan fingerprint density at radius 1 is 1.64 bits per heavy atom. The molecule has 11 heavy (non-hydrogen) atoms. The van der Waals surface area contributed by atoms with Crippen LogP contribution in [0.15, 0.2) is 0 Å². The van der Waals surface area contributed by atoms with Crippen LogP contribution in [0.4, 0.5) is 8.78 Å². The van der Waals surface area contributed by atoms with Gasteiger partial charge in [0.1, 0.15) is 6.10 Å². The summed E-state index contributed by atoms with van der Waals surface area (Å²) in [5, 5.41) is 0. The third kappa shape index (κ3) is 1.85. The molecule has 0 bridgehead atoms. The molecule has 3 nitrogen and oxygen atoms in total. The number of hydrogen-bond donors (Lipinski definition) is 1. The topological polar surface area (TPSA) is 44.5 Å². The fraction of sp³-hybridized carbons (Fsp3) is 1.00. The summed E-state index contributed by atoms with van der Waals surface area (Å²) in [6.45, 7) is 0. The molecule has 5 heteroatoms. The summed E-state index contributed by atoms with van der Waals surface area (Å²) in [5.74, 6) is 0. The van der Waals surface area contributed by atoms with Gasteiger partial charge in [-0.1, -0.05) is 0 Å². The Hall–Kier alpha value is -0.260. The molecule has 0 aromatic rings. The van der Waals surface area contributed by atoms with E-state index in [1.807, 2.05) is 0 Å². The Morgan fingerprint density at radius 3 is 2.55 bits per heavy atom. The van der Waals surface area contributed by atoms with E-state index in [9.17, 15) is 8.78 Å². The predicted octanol–water partition coefficient (Wildman–Crippen LogP) is 0.340. The average molecular weight is 167 g/mol. The largest absolute Gasteiger partial charge is 0.356 e. The molecular weight excluding hydrogens is 156 g/mol. The number of ether oxygens (including phenoxy) is 2. The summed E-state index contributed by atoms with van der Waals surface area (Å²) in [7, 11) is 1.41. The second-order valence-electron chi connectivity index (χ2n) is 2.50. The van der Waals surface area contributed by atoms with E-state index in [1.165, 1.54) is 7.11 Å². The molecule has 1 saturated heterocycles. The van der Waals surface area contributed by atoms with Gasteiger partial charge in [-0.25, -0.2) is 8.78 Å².